The molecule has 1 N–H and O–H groups in total. The Balaban J connectivity index is 1.32. The summed E-state index contributed by atoms with van der Waals surface area (Å²) in [5.74, 6) is 0.209. The van der Waals surface area contributed by atoms with Crippen molar-refractivity contribution in [3.8, 4) is 5.75 Å². The van der Waals surface area contributed by atoms with E-state index < -0.39 is 21.9 Å². The molecule has 1 unspecified atom stereocenters. The monoisotopic (exact) mass is 404 g/mol. The van der Waals surface area contributed by atoms with Crippen LogP contribution in [0.5, 0.6) is 5.75 Å². The van der Waals surface area contributed by atoms with Crippen LogP contribution in [0.1, 0.15) is 18.4 Å². The van der Waals surface area contributed by atoms with E-state index in [1.807, 2.05) is 24.3 Å². The van der Waals surface area contributed by atoms with E-state index in [0.29, 0.717) is 32.4 Å². The van der Waals surface area contributed by atoms with E-state index in [9.17, 15) is 17.6 Å². The van der Waals surface area contributed by atoms with Gasteiger partial charge >= 0.3 is 0 Å². The molecule has 0 saturated carbocycles. The molecule has 1 atom stereocenters. The van der Waals surface area contributed by atoms with Crippen molar-refractivity contribution in [3.63, 3.8) is 0 Å². The molecule has 0 aliphatic carbocycles. The van der Waals surface area contributed by atoms with Gasteiger partial charge in [0, 0.05) is 25.6 Å². The molecule has 148 valence electrons. The normalized spacial score (nSPS) is 19.9. The van der Waals surface area contributed by atoms with Crippen LogP contribution in [-0.2, 0) is 21.2 Å². The summed E-state index contributed by atoms with van der Waals surface area (Å²) in [6, 6.07) is 12.1. The number of amides is 1. The summed E-state index contributed by atoms with van der Waals surface area (Å²) in [7, 11) is -3.71. The van der Waals surface area contributed by atoms with Gasteiger partial charge in [0.05, 0.1) is 4.90 Å². The molecular formula is C20H21FN2O4S. The number of hydrogen-bond donors (Lipinski definition) is 1. The molecular weight excluding hydrogens is 383 g/mol. The smallest absolute Gasteiger partial charge is 0.263 e. The van der Waals surface area contributed by atoms with Crippen LogP contribution >= 0.6 is 0 Å². The zero-order valence-electron chi connectivity index (χ0n) is 15.2. The van der Waals surface area contributed by atoms with Gasteiger partial charge in [-0.15, -0.1) is 0 Å². The van der Waals surface area contributed by atoms with Crippen LogP contribution in [0.2, 0.25) is 0 Å². The highest BCUT2D eigenvalue weighted by molar-refractivity contribution is 7.89. The Morgan fingerprint density at radius 1 is 1.07 bits per heavy atom. The number of nitrogens with one attached hydrogen (secondary N) is 1. The van der Waals surface area contributed by atoms with Gasteiger partial charge in [-0.1, -0.05) is 18.2 Å². The average molecular weight is 404 g/mol. The maximum Gasteiger partial charge on any atom is 0.263 e. The van der Waals surface area contributed by atoms with Crippen LogP contribution in [0.25, 0.3) is 0 Å². The number of para-hydroxylation sites is 1. The minimum atomic E-state index is -3.71. The topological polar surface area (TPSA) is 75.7 Å². The van der Waals surface area contributed by atoms with Gasteiger partial charge in [0.15, 0.2) is 6.10 Å². The number of carbonyl (C=O) groups is 1. The molecule has 4 rings (SSSR count). The highest BCUT2D eigenvalue weighted by Gasteiger charge is 2.34. The number of hydrogen-bond acceptors (Lipinski definition) is 4. The van der Waals surface area contributed by atoms with Gasteiger partial charge in [-0.05, 0) is 48.7 Å². The van der Waals surface area contributed by atoms with Crippen molar-refractivity contribution in [2.24, 2.45) is 0 Å². The van der Waals surface area contributed by atoms with Crippen molar-refractivity contribution in [1.29, 1.82) is 0 Å². The van der Waals surface area contributed by atoms with E-state index >= 15 is 0 Å². The lowest BCUT2D eigenvalue weighted by atomic mass is 10.0. The lowest BCUT2D eigenvalue weighted by Gasteiger charge is -2.33. The molecule has 8 heteroatoms. The highest BCUT2D eigenvalue weighted by Crippen LogP contribution is 2.29. The SMILES string of the molecule is O=C(C1Cc2ccccc2O1)N1CCC(NS(=O)(=O)c2ccc(F)cc2)CC1. The Labute approximate surface area is 163 Å². The molecule has 0 bridgehead atoms. The molecule has 0 radical (unpaired) electrons. The number of sulfonamides is 1. The minimum absolute atomic E-state index is 0.0320. The Bertz CT molecular complexity index is 945. The number of halogens is 1. The number of fused-ring (bicyclic) bond motifs is 1. The average Bonchev–Trinajstić information content (AvgIpc) is 3.12. The molecule has 2 aliphatic rings. The lowest BCUT2D eigenvalue weighted by Crippen LogP contribution is -2.49. The molecule has 1 fully saturated rings. The second-order valence-electron chi connectivity index (χ2n) is 7.09. The third kappa shape index (κ3) is 3.88. The number of ether oxygens (including phenoxy) is 1. The Morgan fingerprint density at radius 3 is 2.43 bits per heavy atom. The van der Waals surface area contributed by atoms with Crippen LogP contribution < -0.4 is 9.46 Å². The fraction of sp³-hybridized carbons (Fsp3) is 0.350. The first-order valence-corrected chi connectivity index (χ1v) is 10.7. The molecule has 0 aromatic heterocycles. The minimum Gasteiger partial charge on any atom is -0.480 e. The summed E-state index contributed by atoms with van der Waals surface area (Å²) in [5.41, 5.74) is 1.03. The zero-order chi connectivity index (χ0) is 19.7. The van der Waals surface area contributed by atoms with Gasteiger partial charge in [0.25, 0.3) is 5.91 Å². The quantitative estimate of drug-likeness (QED) is 0.847. The number of nitrogens with zero attached hydrogens (tertiary/aromatic N) is 1. The zero-order valence-corrected chi connectivity index (χ0v) is 16.0. The first-order valence-electron chi connectivity index (χ1n) is 9.23. The van der Waals surface area contributed by atoms with E-state index in [-0.39, 0.29) is 16.8 Å². The van der Waals surface area contributed by atoms with E-state index in [0.717, 1.165) is 23.4 Å². The van der Waals surface area contributed by atoms with Gasteiger partial charge in [-0.3, -0.25) is 4.79 Å². The first-order chi connectivity index (χ1) is 13.4. The summed E-state index contributed by atoms with van der Waals surface area (Å²) in [6.07, 6.45) is 1.09. The predicted octanol–water partition coefficient (Wildman–Crippen LogP) is 2.10. The molecule has 2 aromatic rings. The molecule has 6 nitrogen and oxygen atoms in total. The van der Waals surface area contributed by atoms with Crippen molar-refractivity contribution in [2.45, 2.75) is 36.3 Å². The third-order valence-corrected chi connectivity index (χ3v) is 6.71. The van der Waals surface area contributed by atoms with E-state index in [1.165, 1.54) is 12.1 Å². The number of piperidine rings is 1. The summed E-state index contributed by atoms with van der Waals surface area (Å²) in [6.45, 7) is 0.928. The van der Waals surface area contributed by atoms with E-state index in [4.69, 9.17) is 4.74 Å². The number of benzene rings is 2. The third-order valence-electron chi connectivity index (χ3n) is 5.17. The van der Waals surface area contributed by atoms with Gasteiger partial charge < -0.3 is 9.64 Å². The standard InChI is InChI=1S/C20H21FN2O4S/c21-15-5-7-17(8-6-15)28(25,26)22-16-9-11-23(12-10-16)20(24)19-13-14-3-1-2-4-18(14)27-19/h1-8,16,19,22H,9-13H2. The van der Waals surface area contributed by atoms with E-state index in [2.05, 4.69) is 4.72 Å². The van der Waals surface area contributed by atoms with Crippen LogP contribution in [0.3, 0.4) is 0 Å². The molecule has 28 heavy (non-hydrogen) atoms. The highest BCUT2D eigenvalue weighted by atomic mass is 32.2. The largest absolute Gasteiger partial charge is 0.480 e. The fourth-order valence-electron chi connectivity index (χ4n) is 3.64. The van der Waals surface area contributed by atoms with Crippen molar-refractivity contribution in [1.82, 2.24) is 9.62 Å². The molecule has 0 spiro atoms. The number of rotatable bonds is 4. The summed E-state index contributed by atoms with van der Waals surface area (Å²) in [4.78, 5) is 14.5. The maximum absolute atomic E-state index is 13.0. The summed E-state index contributed by atoms with van der Waals surface area (Å²) < 4.78 is 46.3. The van der Waals surface area contributed by atoms with Crippen molar-refractivity contribution in [3.05, 3.63) is 59.9 Å². The molecule has 2 aromatic carbocycles. The van der Waals surface area contributed by atoms with Crippen molar-refractivity contribution < 1.29 is 22.3 Å². The fourth-order valence-corrected chi connectivity index (χ4v) is 4.95. The second-order valence-corrected chi connectivity index (χ2v) is 8.81. The van der Waals surface area contributed by atoms with E-state index in [1.54, 1.807) is 4.90 Å². The number of likely N-dealkylation sites (tertiary alicyclic amines) is 1. The Morgan fingerprint density at radius 2 is 1.75 bits per heavy atom. The van der Waals surface area contributed by atoms with Crippen molar-refractivity contribution in [2.75, 3.05) is 13.1 Å². The van der Waals surface area contributed by atoms with Crippen LogP contribution in [0.15, 0.2) is 53.4 Å². The second kappa shape index (κ2) is 7.52. The molecule has 2 heterocycles. The lowest BCUT2D eigenvalue weighted by molar-refractivity contribution is -0.139. The van der Waals surface area contributed by atoms with Crippen LogP contribution in [-0.4, -0.2) is 44.5 Å². The Hall–Kier alpha value is -2.45. The summed E-state index contributed by atoms with van der Waals surface area (Å²) >= 11 is 0. The molecule has 2 aliphatic heterocycles. The van der Waals surface area contributed by atoms with Gasteiger partial charge in [0.2, 0.25) is 10.0 Å². The van der Waals surface area contributed by atoms with Gasteiger partial charge in [-0.25, -0.2) is 17.5 Å². The first kappa shape index (κ1) is 18.9. The summed E-state index contributed by atoms with van der Waals surface area (Å²) in [5, 5.41) is 0. The Kier molecular flexibility index (Phi) is 5.07. The molecule has 1 amide bonds. The number of carbonyl (C=O) groups excluding carboxylic acids is 1. The van der Waals surface area contributed by atoms with Gasteiger partial charge in [0.1, 0.15) is 11.6 Å². The van der Waals surface area contributed by atoms with Crippen molar-refractivity contribution >= 4 is 15.9 Å². The molecule has 1 saturated heterocycles. The van der Waals surface area contributed by atoms with Crippen LogP contribution in [0.4, 0.5) is 4.39 Å². The van der Waals surface area contributed by atoms with Crippen LogP contribution in [0, 0.1) is 5.82 Å². The maximum atomic E-state index is 13.0. The predicted molar refractivity (Wildman–Crippen MR) is 101 cm³/mol. The van der Waals surface area contributed by atoms with Gasteiger partial charge in [-0.2, -0.15) is 0 Å².